The lowest BCUT2D eigenvalue weighted by molar-refractivity contribution is -0.0190. The maximum absolute atomic E-state index is 11.4. The van der Waals surface area contributed by atoms with Crippen molar-refractivity contribution in [2.45, 2.75) is 43.9 Å². The van der Waals surface area contributed by atoms with Crippen LogP contribution in [0.5, 0.6) is 11.5 Å². The van der Waals surface area contributed by atoms with E-state index in [2.05, 4.69) is 0 Å². The molecule has 0 radical (unpaired) electrons. The fourth-order valence-corrected chi connectivity index (χ4v) is 5.96. The second kappa shape index (κ2) is 7.20. The van der Waals surface area contributed by atoms with Crippen LogP contribution in [0, 0.1) is 17.8 Å². The molecule has 4 bridgehead atoms. The van der Waals surface area contributed by atoms with Crippen molar-refractivity contribution in [3.63, 3.8) is 0 Å². The van der Waals surface area contributed by atoms with E-state index in [1.807, 2.05) is 6.07 Å². The molecule has 0 saturated heterocycles. The van der Waals surface area contributed by atoms with Gasteiger partial charge in [-0.05, 0) is 67.8 Å². The van der Waals surface area contributed by atoms with E-state index in [9.17, 15) is 9.90 Å². The lowest BCUT2D eigenvalue weighted by Gasteiger charge is -2.57. The normalized spacial score (nSPS) is 32.0. The van der Waals surface area contributed by atoms with E-state index >= 15 is 0 Å². The molecule has 0 spiro atoms. The number of hydrogen-bond donors (Lipinski definition) is 1. The average molecular weight is 360 g/mol. The van der Waals surface area contributed by atoms with Crippen LogP contribution in [-0.2, 0) is 14.9 Å². The van der Waals surface area contributed by atoms with E-state index in [1.54, 1.807) is 13.2 Å². The van der Waals surface area contributed by atoms with E-state index < -0.39 is 0 Å². The Hall–Kier alpha value is -1.59. The van der Waals surface area contributed by atoms with Gasteiger partial charge in [0.2, 0.25) is 0 Å². The first-order chi connectivity index (χ1) is 12.6. The Labute approximate surface area is 154 Å². The van der Waals surface area contributed by atoms with Crippen molar-refractivity contribution in [2.75, 3.05) is 27.1 Å². The van der Waals surface area contributed by atoms with Gasteiger partial charge < -0.3 is 19.3 Å². The third kappa shape index (κ3) is 3.23. The first-order valence-corrected chi connectivity index (χ1v) is 9.65. The number of hydrogen-bond acceptors (Lipinski definition) is 5. The summed E-state index contributed by atoms with van der Waals surface area (Å²) in [5.41, 5.74) is 1.53. The van der Waals surface area contributed by atoms with Crippen molar-refractivity contribution in [2.24, 2.45) is 17.8 Å². The topological polar surface area (TPSA) is 65.0 Å². The largest absolute Gasteiger partial charge is 0.507 e. The number of phenols is 1. The van der Waals surface area contributed by atoms with Crippen LogP contribution in [0.15, 0.2) is 12.1 Å². The molecule has 4 aliphatic carbocycles. The van der Waals surface area contributed by atoms with E-state index in [-0.39, 0.29) is 18.0 Å². The minimum atomic E-state index is -0.0274. The Bertz CT molecular complexity index is 633. The molecule has 0 heterocycles. The summed E-state index contributed by atoms with van der Waals surface area (Å²) >= 11 is 0. The second-order valence-electron chi connectivity index (χ2n) is 8.39. The van der Waals surface area contributed by atoms with Gasteiger partial charge in [-0.25, -0.2) is 0 Å². The van der Waals surface area contributed by atoms with Crippen LogP contribution in [0.25, 0.3) is 0 Å². The molecule has 0 aliphatic heterocycles. The Balaban J connectivity index is 1.62. The van der Waals surface area contributed by atoms with Crippen LogP contribution in [-0.4, -0.2) is 38.5 Å². The summed E-state index contributed by atoms with van der Waals surface area (Å²) in [7, 11) is 1.63. The minimum absolute atomic E-state index is 0.0274. The highest BCUT2D eigenvalue weighted by atomic mass is 16.7. The zero-order valence-corrected chi connectivity index (χ0v) is 15.4. The molecule has 0 aromatic heterocycles. The van der Waals surface area contributed by atoms with Gasteiger partial charge in [0.25, 0.3) is 0 Å². The number of methoxy groups -OCH3 is 1. The number of aromatic hydroxyl groups is 1. The van der Waals surface area contributed by atoms with Crippen LogP contribution in [0.2, 0.25) is 0 Å². The molecule has 4 aliphatic rings. The van der Waals surface area contributed by atoms with Gasteiger partial charge in [0.05, 0.1) is 18.8 Å². The second-order valence-corrected chi connectivity index (χ2v) is 8.39. The maximum Gasteiger partial charge on any atom is 0.189 e. The van der Waals surface area contributed by atoms with Crippen LogP contribution in [0.1, 0.15) is 54.4 Å². The van der Waals surface area contributed by atoms with Gasteiger partial charge in [-0.3, -0.25) is 4.79 Å². The smallest absolute Gasteiger partial charge is 0.189 e. The van der Waals surface area contributed by atoms with Gasteiger partial charge in [0.15, 0.2) is 13.1 Å². The number of ether oxygens (including phenoxy) is 3. The summed E-state index contributed by atoms with van der Waals surface area (Å²) in [6.45, 7) is 1.09. The first-order valence-electron chi connectivity index (χ1n) is 9.65. The van der Waals surface area contributed by atoms with Gasteiger partial charge in [-0.1, -0.05) is 0 Å². The maximum atomic E-state index is 11.4. The number of carbonyl (C=O) groups is 1. The zero-order valence-electron chi connectivity index (χ0n) is 15.4. The molecule has 5 heteroatoms. The minimum Gasteiger partial charge on any atom is -0.507 e. The highest BCUT2D eigenvalue weighted by molar-refractivity contribution is 5.80. The number of benzene rings is 1. The van der Waals surface area contributed by atoms with Crippen LogP contribution in [0.3, 0.4) is 0 Å². The lowest BCUT2D eigenvalue weighted by Crippen LogP contribution is -2.48. The van der Waals surface area contributed by atoms with Gasteiger partial charge in [0, 0.05) is 18.7 Å². The Kier molecular flexibility index (Phi) is 4.93. The molecule has 4 fully saturated rings. The molecule has 0 atom stereocenters. The van der Waals surface area contributed by atoms with E-state index in [1.165, 1.54) is 38.5 Å². The van der Waals surface area contributed by atoms with Gasteiger partial charge >= 0.3 is 0 Å². The van der Waals surface area contributed by atoms with Crippen LogP contribution in [0.4, 0.5) is 0 Å². The molecule has 1 N–H and O–H groups in total. The summed E-state index contributed by atoms with van der Waals surface area (Å²) in [4.78, 5) is 11.4. The molecule has 1 aromatic rings. The number of aldehydes is 1. The standard InChI is InChI=1S/C21H28O5/c1-24-2-3-25-13-26-20-8-19(23)17(12-22)7-18(20)21-9-14-4-15(10-21)6-16(5-14)11-21/h7-8,12,14-16,23H,2-6,9-11,13H2,1H3. The summed E-state index contributed by atoms with van der Waals surface area (Å²) in [5.74, 6) is 3.01. The molecule has 0 amide bonds. The van der Waals surface area contributed by atoms with Crippen molar-refractivity contribution >= 4 is 6.29 Å². The summed E-state index contributed by atoms with van der Waals surface area (Å²) in [6, 6.07) is 3.46. The van der Waals surface area contributed by atoms with E-state index in [4.69, 9.17) is 14.2 Å². The highest BCUT2D eigenvalue weighted by Crippen LogP contribution is 2.62. The molecule has 142 valence electrons. The molecule has 0 unspecified atom stereocenters. The quantitative estimate of drug-likeness (QED) is 0.435. The van der Waals surface area contributed by atoms with E-state index in [0.29, 0.717) is 24.5 Å². The monoisotopic (exact) mass is 360 g/mol. The zero-order chi connectivity index (χ0) is 18.1. The third-order valence-corrected chi connectivity index (χ3v) is 6.59. The Morgan fingerprint density at radius 2 is 1.77 bits per heavy atom. The van der Waals surface area contributed by atoms with Gasteiger partial charge in [-0.15, -0.1) is 0 Å². The molecular formula is C21H28O5. The number of carbonyl (C=O) groups excluding carboxylic acids is 1. The third-order valence-electron chi connectivity index (χ3n) is 6.59. The lowest BCUT2D eigenvalue weighted by atomic mass is 9.48. The SMILES string of the molecule is COCCOCOc1cc(O)c(C=O)cc1C12CC3CC(CC(C3)C1)C2. The van der Waals surface area contributed by atoms with Crippen molar-refractivity contribution in [1.29, 1.82) is 0 Å². The summed E-state index contributed by atoms with van der Waals surface area (Å²) in [5, 5.41) is 10.2. The molecule has 4 saturated carbocycles. The first kappa shape index (κ1) is 17.8. The number of phenolic OH excluding ortho intramolecular Hbond substituents is 1. The van der Waals surface area contributed by atoms with Crippen molar-refractivity contribution in [3.05, 3.63) is 23.3 Å². The Morgan fingerprint density at radius 1 is 1.12 bits per heavy atom. The van der Waals surface area contributed by atoms with Crippen LogP contribution < -0.4 is 4.74 Å². The molecular weight excluding hydrogens is 332 g/mol. The molecule has 5 rings (SSSR count). The number of rotatable bonds is 8. The van der Waals surface area contributed by atoms with Crippen molar-refractivity contribution in [3.8, 4) is 11.5 Å². The van der Waals surface area contributed by atoms with E-state index in [0.717, 1.165) is 29.6 Å². The average Bonchev–Trinajstić information content (AvgIpc) is 2.60. The van der Waals surface area contributed by atoms with Gasteiger partial charge in [-0.2, -0.15) is 0 Å². The Morgan fingerprint density at radius 3 is 2.35 bits per heavy atom. The predicted molar refractivity (Wildman–Crippen MR) is 96.7 cm³/mol. The van der Waals surface area contributed by atoms with Crippen molar-refractivity contribution in [1.82, 2.24) is 0 Å². The molecule has 26 heavy (non-hydrogen) atoms. The summed E-state index contributed by atoms with van der Waals surface area (Å²) in [6.07, 6.45) is 8.31. The van der Waals surface area contributed by atoms with Crippen LogP contribution >= 0.6 is 0 Å². The fraction of sp³-hybridized carbons (Fsp3) is 0.667. The highest BCUT2D eigenvalue weighted by Gasteiger charge is 2.52. The van der Waals surface area contributed by atoms with Gasteiger partial charge in [0.1, 0.15) is 11.5 Å². The fourth-order valence-electron chi connectivity index (χ4n) is 5.96. The molecule has 1 aromatic carbocycles. The summed E-state index contributed by atoms with van der Waals surface area (Å²) < 4.78 is 16.3. The molecule has 5 nitrogen and oxygen atoms in total. The van der Waals surface area contributed by atoms with Crippen molar-refractivity contribution < 1.29 is 24.1 Å². The predicted octanol–water partition coefficient (Wildman–Crippen LogP) is 3.67.